The van der Waals surface area contributed by atoms with E-state index in [9.17, 15) is 13.2 Å². The molecule has 0 amide bonds. The van der Waals surface area contributed by atoms with Crippen molar-refractivity contribution in [3.05, 3.63) is 28.5 Å². The zero-order valence-corrected chi connectivity index (χ0v) is 8.98. The fourth-order valence-electron chi connectivity index (χ4n) is 0.912. The third-order valence-corrected chi connectivity index (χ3v) is 2.34. The number of halogens is 4. The van der Waals surface area contributed by atoms with E-state index in [2.05, 4.69) is 21.2 Å². The average Bonchev–Trinajstić information content (AvgIpc) is 2.11. The second-order valence-corrected chi connectivity index (χ2v) is 3.75. The Labute approximate surface area is 88.4 Å². The van der Waals surface area contributed by atoms with Crippen molar-refractivity contribution in [2.45, 2.75) is 19.4 Å². The van der Waals surface area contributed by atoms with E-state index in [0.717, 1.165) is 0 Å². The van der Waals surface area contributed by atoms with Crippen molar-refractivity contribution < 1.29 is 13.2 Å². The molecule has 1 N–H and O–H groups in total. The van der Waals surface area contributed by atoms with Crippen LogP contribution in [0.15, 0.2) is 22.7 Å². The third kappa shape index (κ3) is 2.90. The lowest BCUT2D eigenvalue weighted by atomic mass is 10.2. The molecule has 1 atom stereocenters. The number of benzene rings is 1. The normalized spacial score (nSPS) is 13.0. The van der Waals surface area contributed by atoms with Crippen LogP contribution in [0.25, 0.3) is 0 Å². The van der Waals surface area contributed by atoms with Crippen LogP contribution >= 0.6 is 15.9 Å². The van der Waals surface area contributed by atoms with Crippen molar-refractivity contribution in [3.63, 3.8) is 0 Å². The maximum Gasteiger partial charge on any atom is 0.258 e. The molecular formula is C9H9BrF3N. The van der Waals surface area contributed by atoms with Crippen LogP contribution in [0.4, 0.5) is 18.9 Å². The number of hydrogen-bond acceptors (Lipinski definition) is 1. The molecule has 5 heteroatoms. The minimum absolute atomic E-state index is 0.313. The number of rotatable bonds is 3. The van der Waals surface area contributed by atoms with Crippen LogP contribution in [0, 0.1) is 5.82 Å². The van der Waals surface area contributed by atoms with E-state index in [1.165, 1.54) is 25.1 Å². The van der Waals surface area contributed by atoms with Crippen molar-refractivity contribution in [1.29, 1.82) is 0 Å². The van der Waals surface area contributed by atoms with Gasteiger partial charge in [0, 0.05) is 5.69 Å². The van der Waals surface area contributed by atoms with E-state index in [-0.39, 0.29) is 0 Å². The molecule has 1 aromatic rings. The highest BCUT2D eigenvalue weighted by molar-refractivity contribution is 9.10. The first-order valence-electron chi connectivity index (χ1n) is 4.00. The molecule has 1 nitrogen and oxygen atoms in total. The topological polar surface area (TPSA) is 12.0 Å². The lowest BCUT2D eigenvalue weighted by Crippen LogP contribution is -2.23. The Hall–Kier alpha value is -0.710. The molecule has 1 rings (SSSR count). The van der Waals surface area contributed by atoms with Crippen LogP contribution < -0.4 is 5.32 Å². The molecule has 0 bridgehead atoms. The van der Waals surface area contributed by atoms with Gasteiger partial charge in [-0.3, -0.25) is 0 Å². The van der Waals surface area contributed by atoms with Crippen LogP contribution in [-0.4, -0.2) is 12.5 Å². The monoisotopic (exact) mass is 267 g/mol. The summed E-state index contributed by atoms with van der Waals surface area (Å²) in [6, 6.07) is 3.18. The number of alkyl halides is 2. The maximum absolute atomic E-state index is 13.0. The molecule has 0 aliphatic carbocycles. The van der Waals surface area contributed by atoms with E-state index in [4.69, 9.17) is 0 Å². The minimum Gasteiger partial charge on any atom is -0.377 e. The van der Waals surface area contributed by atoms with Gasteiger partial charge in [0.15, 0.2) is 0 Å². The Bertz CT molecular complexity index is 317. The average molecular weight is 268 g/mol. The van der Waals surface area contributed by atoms with Gasteiger partial charge in [0.1, 0.15) is 5.82 Å². The van der Waals surface area contributed by atoms with Gasteiger partial charge in [0.25, 0.3) is 6.43 Å². The van der Waals surface area contributed by atoms with E-state index in [1.54, 1.807) is 0 Å². The van der Waals surface area contributed by atoms with E-state index in [1.807, 2.05) is 0 Å². The van der Waals surface area contributed by atoms with Crippen molar-refractivity contribution in [2.24, 2.45) is 0 Å². The summed E-state index contributed by atoms with van der Waals surface area (Å²) < 4.78 is 37.5. The third-order valence-electron chi connectivity index (χ3n) is 1.69. The van der Waals surface area contributed by atoms with Crippen molar-refractivity contribution in [2.75, 3.05) is 5.32 Å². The molecule has 0 fully saturated rings. The predicted octanol–water partition coefficient (Wildman–Crippen LogP) is 3.65. The second-order valence-electron chi connectivity index (χ2n) is 2.90. The Morgan fingerprint density at radius 2 is 2.00 bits per heavy atom. The van der Waals surface area contributed by atoms with Gasteiger partial charge in [-0.25, -0.2) is 13.2 Å². The Balaban J connectivity index is 2.73. The van der Waals surface area contributed by atoms with Crippen LogP contribution in [0.5, 0.6) is 0 Å². The molecule has 0 saturated heterocycles. The summed E-state index contributed by atoms with van der Waals surface area (Å²) in [6.45, 7) is 1.34. The molecule has 0 radical (unpaired) electrons. The summed E-state index contributed by atoms with van der Waals surface area (Å²) in [4.78, 5) is 0. The molecule has 1 unspecified atom stereocenters. The van der Waals surface area contributed by atoms with Gasteiger partial charge >= 0.3 is 0 Å². The van der Waals surface area contributed by atoms with Gasteiger partial charge in [-0.1, -0.05) is 0 Å². The van der Waals surface area contributed by atoms with Crippen molar-refractivity contribution in [3.8, 4) is 0 Å². The van der Waals surface area contributed by atoms with Gasteiger partial charge in [-0.05, 0) is 41.1 Å². The van der Waals surface area contributed by atoms with Gasteiger partial charge in [-0.2, -0.15) is 0 Å². The summed E-state index contributed by atoms with van der Waals surface area (Å²) in [5.74, 6) is -0.475. The first kappa shape index (κ1) is 11.4. The fraction of sp³-hybridized carbons (Fsp3) is 0.333. The highest BCUT2D eigenvalue weighted by Gasteiger charge is 2.14. The molecule has 14 heavy (non-hydrogen) atoms. The smallest absolute Gasteiger partial charge is 0.258 e. The van der Waals surface area contributed by atoms with Gasteiger partial charge in [0.2, 0.25) is 0 Å². The number of hydrogen-bond donors (Lipinski definition) is 1. The zero-order chi connectivity index (χ0) is 10.7. The molecule has 0 heterocycles. The quantitative estimate of drug-likeness (QED) is 0.882. The largest absolute Gasteiger partial charge is 0.377 e. The summed E-state index contributed by atoms with van der Waals surface area (Å²) in [7, 11) is 0. The SMILES string of the molecule is CC(Nc1ccc(Br)c(F)c1)C(F)F. The maximum atomic E-state index is 13.0. The van der Waals surface area contributed by atoms with Gasteiger partial charge in [-0.15, -0.1) is 0 Å². The minimum atomic E-state index is -2.47. The lowest BCUT2D eigenvalue weighted by Gasteiger charge is -2.14. The van der Waals surface area contributed by atoms with Crippen molar-refractivity contribution >= 4 is 21.6 Å². The van der Waals surface area contributed by atoms with Crippen molar-refractivity contribution in [1.82, 2.24) is 0 Å². The molecule has 0 spiro atoms. The zero-order valence-electron chi connectivity index (χ0n) is 7.40. The Morgan fingerprint density at radius 1 is 1.36 bits per heavy atom. The molecular weight excluding hydrogens is 259 g/mol. The van der Waals surface area contributed by atoms with Gasteiger partial charge in [0.05, 0.1) is 10.5 Å². The first-order valence-corrected chi connectivity index (χ1v) is 4.79. The highest BCUT2D eigenvalue weighted by Crippen LogP contribution is 2.20. The molecule has 0 aromatic heterocycles. The van der Waals surface area contributed by atoms with E-state index in [0.29, 0.717) is 10.2 Å². The van der Waals surface area contributed by atoms with Gasteiger partial charge < -0.3 is 5.32 Å². The van der Waals surface area contributed by atoms with Crippen LogP contribution in [0.3, 0.4) is 0 Å². The molecule has 0 aliphatic heterocycles. The molecule has 0 aliphatic rings. The lowest BCUT2D eigenvalue weighted by molar-refractivity contribution is 0.130. The summed E-state index contributed by atoms with van der Waals surface area (Å²) in [5.41, 5.74) is 0.346. The molecule has 1 aromatic carbocycles. The predicted molar refractivity (Wildman–Crippen MR) is 53.2 cm³/mol. The fourth-order valence-corrected chi connectivity index (χ4v) is 1.16. The first-order chi connectivity index (χ1) is 6.50. The second kappa shape index (κ2) is 4.68. The summed E-state index contributed by atoms with van der Waals surface area (Å²) in [5, 5.41) is 2.50. The summed E-state index contributed by atoms with van der Waals surface area (Å²) in [6.07, 6.45) is -2.47. The van der Waals surface area contributed by atoms with E-state index < -0.39 is 18.3 Å². The Kier molecular flexibility index (Phi) is 3.80. The van der Waals surface area contributed by atoms with Crippen LogP contribution in [0.2, 0.25) is 0 Å². The highest BCUT2D eigenvalue weighted by atomic mass is 79.9. The van der Waals surface area contributed by atoms with Crippen LogP contribution in [-0.2, 0) is 0 Å². The standard InChI is InChI=1S/C9H9BrF3N/c1-5(9(12)13)14-6-2-3-7(10)8(11)4-6/h2-5,9,14H,1H3. The number of nitrogens with one attached hydrogen (secondary N) is 1. The molecule has 78 valence electrons. The Morgan fingerprint density at radius 3 is 2.50 bits per heavy atom. The van der Waals surface area contributed by atoms with E-state index >= 15 is 0 Å². The van der Waals surface area contributed by atoms with Crippen LogP contribution in [0.1, 0.15) is 6.92 Å². The molecule has 0 saturated carbocycles. The number of anilines is 1. The summed E-state index contributed by atoms with van der Waals surface area (Å²) >= 11 is 2.97.